The first-order valence-electron chi connectivity index (χ1n) is 7.02. The van der Waals surface area contributed by atoms with Crippen molar-refractivity contribution >= 4 is 0 Å². The van der Waals surface area contributed by atoms with Crippen molar-refractivity contribution in [3.8, 4) is 5.75 Å². The van der Waals surface area contributed by atoms with Crippen LogP contribution in [0.4, 0.5) is 0 Å². The number of nitrogens with zero attached hydrogens (tertiary/aromatic N) is 1. The van der Waals surface area contributed by atoms with E-state index in [2.05, 4.69) is 5.16 Å². The summed E-state index contributed by atoms with van der Waals surface area (Å²) in [6, 6.07) is 11.6. The van der Waals surface area contributed by atoms with E-state index in [9.17, 15) is 0 Å². The van der Waals surface area contributed by atoms with Gasteiger partial charge in [0.05, 0.1) is 18.9 Å². The molecule has 4 heteroatoms. The number of rotatable bonds is 7. The van der Waals surface area contributed by atoms with Crippen molar-refractivity contribution in [2.45, 2.75) is 27.2 Å². The Hall–Kier alpha value is -1.81. The minimum atomic E-state index is 0.557. The molecule has 0 aliphatic heterocycles. The first-order valence-corrected chi connectivity index (χ1v) is 7.02. The highest BCUT2D eigenvalue weighted by molar-refractivity contribution is 5.20. The Labute approximate surface area is 120 Å². The summed E-state index contributed by atoms with van der Waals surface area (Å²) in [6.45, 7) is 7.64. The molecule has 0 spiro atoms. The van der Waals surface area contributed by atoms with Gasteiger partial charge >= 0.3 is 0 Å². The summed E-state index contributed by atoms with van der Waals surface area (Å²) in [7, 11) is 0. The van der Waals surface area contributed by atoms with E-state index in [-0.39, 0.29) is 0 Å². The zero-order chi connectivity index (χ0) is 14.6. The van der Waals surface area contributed by atoms with Crippen LogP contribution in [0.5, 0.6) is 5.75 Å². The second-order valence-electron chi connectivity index (χ2n) is 3.95. The van der Waals surface area contributed by atoms with Gasteiger partial charge in [0.15, 0.2) is 0 Å². The zero-order valence-corrected chi connectivity index (χ0v) is 12.5. The minimum absolute atomic E-state index is 0.557. The molecule has 0 amide bonds. The Morgan fingerprint density at radius 1 is 1.05 bits per heavy atom. The van der Waals surface area contributed by atoms with E-state index in [1.54, 1.807) is 0 Å². The molecule has 1 heterocycles. The monoisotopic (exact) mass is 277 g/mol. The van der Waals surface area contributed by atoms with Crippen LogP contribution in [0, 0.1) is 6.92 Å². The lowest BCUT2D eigenvalue weighted by Crippen LogP contribution is -2.08. The molecule has 20 heavy (non-hydrogen) atoms. The number of ether oxygens (including phenoxy) is 2. The number of benzene rings is 1. The van der Waals surface area contributed by atoms with Crippen LogP contribution >= 0.6 is 0 Å². The van der Waals surface area contributed by atoms with Gasteiger partial charge in [-0.15, -0.1) is 0 Å². The highest BCUT2D eigenvalue weighted by Crippen LogP contribution is 2.07. The van der Waals surface area contributed by atoms with Crippen LogP contribution in [0.15, 0.2) is 40.9 Å². The molecular weight excluding hydrogens is 254 g/mol. The Balaban J connectivity index is 0.000000956. The molecule has 0 radical (unpaired) electrons. The van der Waals surface area contributed by atoms with E-state index >= 15 is 0 Å². The molecule has 0 saturated heterocycles. The summed E-state index contributed by atoms with van der Waals surface area (Å²) >= 11 is 0. The Morgan fingerprint density at radius 2 is 1.80 bits per heavy atom. The van der Waals surface area contributed by atoms with Gasteiger partial charge in [-0.3, -0.25) is 0 Å². The molecule has 0 saturated carbocycles. The van der Waals surface area contributed by atoms with Crippen LogP contribution in [-0.2, 0) is 11.2 Å². The van der Waals surface area contributed by atoms with Crippen LogP contribution in [0.25, 0.3) is 0 Å². The molecule has 0 bridgehead atoms. The van der Waals surface area contributed by atoms with E-state index in [1.807, 2.05) is 57.2 Å². The maximum Gasteiger partial charge on any atom is 0.133 e. The second kappa shape index (κ2) is 10.0. The second-order valence-corrected chi connectivity index (χ2v) is 3.95. The molecule has 0 aliphatic rings. The van der Waals surface area contributed by atoms with Crippen molar-refractivity contribution < 1.29 is 14.0 Å². The van der Waals surface area contributed by atoms with E-state index in [4.69, 9.17) is 14.0 Å². The van der Waals surface area contributed by atoms with Gasteiger partial charge in [-0.1, -0.05) is 37.2 Å². The molecule has 4 nitrogen and oxygen atoms in total. The summed E-state index contributed by atoms with van der Waals surface area (Å²) in [4.78, 5) is 0. The largest absolute Gasteiger partial charge is 0.491 e. The third-order valence-electron chi connectivity index (χ3n) is 2.42. The molecule has 0 N–H and O–H groups in total. The van der Waals surface area contributed by atoms with Gasteiger partial charge in [-0.25, -0.2) is 0 Å². The average Bonchev–Trinajstić information content (AvgIpc) is 2.91. The molecule has 2 rings (SSSR count). The molecule has 1 aromatic carbocycles. The zero-order valence-electron chi connectivity index (χ0n) is 12.5. The molecule has 0 fully saturated rings. The number of hydrogen-bond donors (Lipinski definition) is 0. The summed E-state index contributed by atoms with van der Waals surface area (Å²) < 4.78 is 15.9. The van der Waals surface area contributed by atoms with E-state index < -0.39 is 0 Å². The maximum absolute atomic E-state index is 5.50. The Bertz CT molecular complexity index is 454. The topological polar surface area (TPSA) is 44.5 Å². The van der Waals surface area contributed by atoms with Gasteiger partial charge in [-0.2, -0.15) is 0 Å². The highest BCUT2D eigenvalue weighted by atomic mass is 16.5. The summed E-state index contributed by atoms with van der Waals surface area (Å²) in [6.07, 6.45) is 0.767. The van der Waals surface area contributed by atoms with Crippen LogP contribution in [0.3, 0.4) is 0 Å². The molecule has 1 aromatic heterocycles. The van der Waals surface area contributed by atoms with E-state index in [1.165, 1.54) is 0 Å². The molecule has 110 valence electrons. The third kappa shape index (κ3) is 6.38. The van der Waals surface area contributed by atoms with Gasteiger partial charge in [0.1, 0.15) is 18.1 Å². The smallest absolute Gasteiger partial charge is 0.133 e. The quantitative estimate of drug-likeness (QED) is 0.725. The Kier molecular flexibility index (Phi) is 8.15. The van der Waals surface area contributed by atoms with Crippen molar-refractivity contribution in [2.24, 2.45) is 0 Å². The summed E-state index contributed by atoms with van der Waals surface area (Å²) in [5, 5.41) is 3.89. The maximum atomic E-state index is 5.50. The summed E-state index contributed by atoms with van der Waals surface area (Å²) in [5.41, 5.74) is 0.927. The van der Waals surface area contributed by atoms with Crippen molar-refractivity contribution in [3.63, 3.8) is 0 Å². The first-order chi connectivity index (χ1) is 9.84. The van der Waals surface area contributed by atoms with Crippen molar-refractivity contribution in [1.82, 2.24) is 5.16 Å². The fourth-order valence-corrected chi connectivity index (χ4v) is 1.55. The van der Waals surface area contributed by atoms with Crippen LogP contribution in [0.2, 0.25) is 0 Å². The predicted octanol–water partition coefficient (Wildman–Crippen LogP) is 3.65. The lowest BCUT2D eigenvalue weighted by molar-refractivity contribution is 0.102. The number of aromatic nitrogens is 1. The highest BCUT2D eigenvalue weighted by Gasteiger charge is 1.99. The van der Waals surface area contributed by atoms with Crippen molar-refractivity contribution in [2.75, 3.05) is 19.8 Å². The lowest BCUT2D eigenvalue weighted by Gasteiger charge is -2.06. The first kappa shape index (κ1) is 16.2. The van der Waals surface area contributed by atoms with E-state index in [0.29, 0.717) is 19.8 Å². The molecule has 0 atom stereocenters. The van der Waals surface area contributed by atoms with Crippen molar-refractivity contribution in [3.05, 3.63) is 47.9 Å². The average molecular weight is 277 g/mol. The van der Waals surface area contributed by atoms with Crippen LogP contribution < -0.4 is 4.74 Å². The predicted molar refractivity (Wildman–Crippen MR) is 79.0 cm³/mol. The molecule has 0 aliphatic carbocycles. The molecular formula is C16H23NO3. The third-order valence-corrected chi connectivity index (χ3v) is 2.42. The SMILES string of the molecule is CC.Cc1cc(CCOCCOc2ccccc2)no1. The van der Waals surface area contributed by atoms with Crippen LogP contribution in [0.1, 0.15) is 25.3 Å². The molecule has 0 unspecified atom stereocenters. The number of para-hydroxylation sites is 1. The van der Waals surface area contributed by atoms with Crippen molar-refractivity contribution in [1.29, 1.82) is 0 Å². The van der Waals surface area contributed by atoms with Gasteiger partial charge in [0, 0.05) is 12.5 Å². The van der Waals surface area contributed by atoms with Gasteiger partial charge in [-0.05, 0) is 19.1 Å². The number of aryl methyl sites for hydroxylation is 1. The van der Waals surface area contributed by atoms with E-state index in [0.717, 1.165) is 23.6 Å². The van der Waals surface area contributed by atoms with Crippen LogP contribution in [-0.4, -0.2) is 25.0 Å². The molecule has 2 aromatic rings. The standard InChI is InChI=1S/C14H17NO3.C2H6/c1-12-11-13(15-18-12)7-8-16-9-10-17-14-5-3-2-4-6-14;1-2/h2-6,11H,7-10H2,1H3;1-2H3. The lowest BCUT2D eigenvalue weighted by atomic mass is 10.3. The fourth-order valence-electron chi connectivity index (χ4n) is 1.55. The summed E-state index contributed by atoms with van der Waals surface area (Å²) in [5.74, 6) is 1.70. The van der Waals surface area contributed by atoms with Gasteiger partial charge < -0.3 is 14.0 Å². The Morgan fingerprint density at radius 3 is 2.45 bits per heavy atom. The normalized spacial score (nSPS) is 9.75. The van der Waals surface area contributed by atoms with Gasteiger partial charge in [0.25, 0.3) is 0 Å². The fraction of sp³-hybridized carbons (Fsp3) is 0.438. The number of hydrogen-bond acceptors (Lipinski definition) is 4. The minimum Gasteiger partial charge on any atom is -0.491 e. The van der Waals surface area contributed by atoms with Gasteiger partial charge in [0.2, 0.25) is 0 Å².